The van der Waals surface area contributed by atoms with Crippen LogP contribution in [-0.4, -0.2) is 22.3 Å². The number of H-pyrrole nitrogens is 2. The average molecular weight is 295 g/mol. The minimum Gasteiger partial charge on any atom is -0.494 e. The molecule has 1 aromatic carbocycles. The lowest BCUT2D eigenvalue weighted by molar-refractivity contribution is 0.416. The molecule has 0 atom stereocenters. The molecule has 7 heteroatoms. The third kappa shape index (κ3) is 2.64. The molecular formula is C15H13N5O2. The number of aromatic amines is 2. The van der Waals surface area contributed by atoms with Gasteiger partial charge in [0.25, 0.3) is 5.56 Å². The molecule has 0 aliphatic rings. The number of nitrogens with one attached hydrogen (secondary N) is 2. The Morgan fingerprint density at radius 3 is 2.73 bits per heavy atom. The average Bonchev–Trinajstić information content (AvgIpc) is 2.95. The summed E-state index contributed by atoms with van der Waals surface area (Å²) >= 11 is 0. The Morgan fingerprint density at radius 2 is 1.95 bits per heavy atom. The second kappa shape index (κ2) is 6.04. The van der Waals surface area contributed by atoms with Crippen molar-refractivity contribution in [1.82, 2.24) is 15.2 Å². The number of nitrogens with zero attached hydrogens (tertiary/aromatic N) is 3. The highest BCUT2D eigenvalue weighted by molar-refractivity contribution is 5.70. The Bertz CT molecular complexity index is 852. The fourth-order valence-corrected chi connectivity index (χ4v) is 1.98. The molecule has 3 rings (SSSR count). The van der Waals surface area contributed by atoms with Crippen LogP contribution in [0.5, 0.6) is 5.75 Å². The fourth-order valence-electron chi connectivity index (χ4n) is 1.98. The molecule has 0 saturated heterocycles. The quantitative estimate of drug-likeness (QED) is 0.723. The van der Waals surface area contributed by atoms with Gasteiger partial charge in [0.1, 0.15) is 11.4 Å². The van der Waals surface area contributed by atoms with Crippen molar-refractivity contribution in [2.75, 3.05) is 7.11 Å². The summed E-state index contributed by atoms with van der Waals surface area (Å²) in [6, 6.07) is 10.8. The zero-order chi connectivity index (χ0) is 15.4. The number of methoxy groups -OCH3 is 1. The van der Waals surface area contributed by atoms with Gasteiger partial charge in [-0.1, -0.05) is 12.1 Å². The summed E-state index contributed by atoms with van der Waals surface area (Å²) in [5.41, 5.74) is 1.67. The molecule has 0 unspecified atom stereocenters. The number of aromatic nitrogens is 3. The van der Waals surface area contributed by atoms with Gasteiger partial charge in [-0.2, -0.15) is 0 Å². The number of azo groups is 1. The van der Waals surface area contributed by atoms with Gasteiger partial charge in [0.05, 0.1) is 12.8 Å². The lowest BCUT2D eigenvalue weighted by atomic mass is 10.2. The van der Waals surface area contributed by atoms with Crippen molar-refractivity contribution in [2.45, 2.75) is 0 Å². The molecule has 2 aromatic heterocycles. The molecule has 2 heterocycles. The van der Waals surface area contributed by atoms with Gasteiger partial charge in [0, 0.05) is 18.0 Å². The molecule has 0 bridgehead atoms. The van der Waals surface area contributed by atoms with Gasteiger partial charge in [-0.3, -0.25) is 20.0 Å². The summed E-state index contributed by atoms with van der Waals surface area (Å²) in [7, 11) is 1.55. The first-order valence-corrected chi connectivity index (χ1v) is 6.55. The number of pyridine rings is 1. The molecule has 0 amide bonds. The summed E-state index contributed by atoms with van der Waals surface area (Å²) in [4.78, 5) is 15.9. The Hall–Kier alpha value is -3.22. The first-order valence-electron chi connectivity index (χ1n) is 6.55. The molecule has 0 aliphatic heterocycles. The number of rotatable bonds is 4. The van der Waals surface area contributed by atoms with Crippen LogP contribution in [0.1, 0.15) is 0 Å². The highest BCUT2D eigenvalue weighted by atomic mass is 16.5. The van der Waals surface area contributed by atoms with E-state index in [1.165, 1.54) is 0 Å². The molecule has 2 N–H and O–H groups in total. The molecule has 22 heavy (non-hydrogen) atoms. The molecule has 0 aliphatic carbocycles. The van der Waals surface area contributed by atoms with Crippen LogP contribution in [0.2, 0.25) is 0 Å². The van der Waals surface area contributed by atoms with E-state index in [1.54, 1.807) is 37.7 Å². The molecule has 0 saturated carbocycles. The van der Waals surface area contributed by atoms with Gasteiger partial charge in [0.2, 0.25) is 0 Å². The summed E-state index contributed by atoms with van der Waals surface area (Å²) in [5, 5.41) is 13.5. The summed E-state index contributed by atoms with van der Waals surface area (Å²) < 4.78 is 5.20. The Balaban J connectivity index is 2.01. The second-order valence-corrected chi connectivity index (χ2v) is 4.42. The van der Waals surface area contributed by atoms with Crippen LogP contribution >= 0.6 is 0 Å². The predicted octanol–water partition coefficient (Wildman–Crippen LogP) is 3.19. The van der Waals surface area contributed by atoms with Crippen molar-refractivity contribution in [2.24, 2.45) is 10.2 Å². The van der Waals surface area contributed by atoms with E-state index in [2.05, 4.69) is 25.4 Å². The topological polar surface area (TPSA) is 95.5 Å². The van der Waals surface area contributed by atoms with E-state index >= 15 is 0 Å². The van der Waals surface area contributed by atoms with Crippen LogP contribution in [0.3, 0.4) is 0 Å². The van der Waals surface area contributed by atoms with Gasteiger partial charge < -0.3 is 4.74 Å². The van der Waals surface area contributed by atoms with Crippen LogP contribution in [-0.2, 0) is 0 Å². The maximum Gasteiger partial charge on any atom is 0.292 e. The van der Waals surface area contributed by atoms with E-state index in [-0.39, 0.29) is 11.2 Å². The van der Waals surface area contributed by atoms with Gasteiger partial charge in [-0.25, -0.2) is 0 Å². The number of benzene rings is 1. The standard InChI is InChI=1S/C15H13N5O2/c1-22-12-7-3-2-6-11(12)17-19-14-13(18-20-15(14)21)10-5-4-8-16-9-10/h2-9H,1H3,(H2,18,20,21). The van der Waals surface area contributed by atoms with Gasteiger partial charge >= 0.3 is 0 Å². The van der Waals surface area contributed by atoms with E-state index in [1.807, 2.05) is 18.2 Å². The van der Waals surface area contributed by atoms with Crippen LogP contribution in [0, 0.1) is 0 Å². The van der Waals surface area contributed by atoms with E-state index in [0.717, 1.165) is 5.56 Å². The molecule has 0 spiro atoms. The van der Waals surface area contributed by atoms with Crippen LogP contribution in [0.4, 0.5) is 11.4 Å². The zero-order valence-electron chi connectivity index (χ0n) is 11.8. The third-order valence-electron chi connectivity index (χ3n) is 3.05. The zero-order valence-corrected chi connectivity index (χ0v) is 11.8. The maximum atomic E-state index is 11.9. The van der Waals surface area contributed by atoms with Gasteiger partial charge in [-0.15, -0.1) is 10.2 Å². The molecule has 0 radical (unpaired) electrons. The minimum absolute atomic E-state index is 0.193. The predicted molar refractivity (Wildman–Crippen MR) is 81.8 cm³/mol. The first kappa shape index (κ1) is 13.7. The van der Waals surface area contributed by atoms with Crippen LogP contribution in [0.25, 0.3) is 11.3 Å². The molecule has 3 aromatic rings. The summed E-state index contributed by atoms with van der Waals surface area (Å²) in [6.45, 7) is 0. The molecular weight excluding hydrogens is 282 g/mol. The highest BCUT2D eigenvalue weighted by Crippen LogP contribution is 2.30. The van der Waals surface area contributed by atoms with Crippen molar-refractivity contribution >= 4 is 11.4 Å². The van der Waals surface area contributed by atoms with Gasteiger partial charge in [0.15, 0.2) is 5.69 Å². The second-order valence-electron chi connectivity index (χ2n) is 4.42. The van der Waals surface area contributed by atoms with Crippen molar-refractivity contribution < 1.29 is 4.74 Å². The van der Waals surface area contributed by atoms with Crippen LogP contribution < -0.4 is 10.3 Å². The largest absolute Gasteiger partial charge is 0.494 e. The lowest BCUT2D eigenvalue weighted by Crippen LogP contribution is -1.96. The number of para-hydroxylation sites is 1. The molecule has 110 valence electrons. The Labute approximate surface area is 125 Å². The van der Waals surface area contributed by atoms with E-state index in [4.69, 9.17) is 4.74 Å². The fraction of sp³-hybridized carbons (Fsp3) is 0.0667. The maximum absolute atomic E-state index is 11.9. The Kier molecular flexibility index (Phi) is 3.78. The number of hydrogen-bond acceptors (Lipinski definition) is 5. The summed E-state index contributed by atoms with van der Waals surface area (Å²) in [6.07, 6.45) is 3.30. The number of ether oxygens (including phenoxy) is 1. The van der Waals surface area contributed by atoms with E-state index < -0.39 is 0 Å². The normalized spacial score (nSPS) is 11.0. The lowest BCUT2D eigenvalue weighted by Gasteiger charge is -2.01. The monoisotopic (exact) mass is 295 g/mol. The SMILES string of the molecule is COc1ccccc1N=Nc1c(-c2cccnc2)[nH][nH]c1=O. The van der Waals surface area contributed by atoms with Crippen molar-refractivity contribution in [3.63, 3.8) is 0 Å². The molecule has 7 nitrogen and oxygen atoms in total. The van der Waals surface area contributed by atoms with E-state index in [0.29, 0.717) is 17.1 Å². The first-order chi connectivity index (χ1) is 10.8. The minimum atomic E-state index is -0.350. The Morgan fingerprint density at radius 1 is 1.09 bits per heavy atom. The summed E-state index contributed by atoms with van der Waals surface area (Å²) in [5.74, 6) is 0.584. The van der Waals surface area contributed by atoms with Crippen LogP contribution in [0.15, 0.2) is 63.8 Å². The smallest absolute Gasteiger partial charge is 0.292 e. The van der Waals surface area contributed by atoms with E-state index in [9.17, 15) is 4.79 Å². The van der Waals surface area contributed by atoms with Crippen molar-refractivity contribution in [1.29, 1.82) is 0 Å². The van der Waals surface area contributed by atoms with Gasteiger partial charge in [-0.05, 0) is 24.3 Å². The third-order valence-corrected chi connectivity index (χ3v) is 3.05. The van der Waals surface area contributed by atoms with Crippen molar-refractivity contribution in [3.8, 4) is 17.0 Å². The highest BCUT2D eigenvalue weighted by Gasteiger charge is 2.11. The molecule has 0 fully saturated rings. The number of hydrogen-bond donors (Lipinski definition) is 2. The van der Waals surface area contributed by atoms with Crippen molar-refractivity contribution in [3.05, 3.63) is 59.1 Å².